The molecule has 31 heavy (non-hydrogen) atoms. The van der Waals surface area contributed by atoms with Crippen LogP contribution in [0.4, 0.5) is 11.4 Å². The smallest absolute Gasteiger partial charge is 0.227 e. The van der Waals surface area contributed by atoms with Crippen molar-refractivity contribution in [3.63, 3.8) is 0 Å². The molecule has 1 aromatic rings. The molecule has 1 saturated heterocycles. The van der Waals surface area contributed by atoms with E-state index in [4.69, 9.17) is 4.74 Å². The van der Waals surface area contributed by atoms with Crippen LogP contribution in [0, 0.1) is 5.92 Å². The Morgan fingerprint density at radius 1 is 1.10 bits per heavy atom. The molecule has 2 fully saturated rings. The number of hydrogen-bond acceptors (Lipinski definition) is 5. The van der Waals surface area contributed by atoms with E-state index < -0.39 is 10.0 Å². The van der Waals surface area contributed by atoms with Gasteiger partial charge in [0, 0.05) is 36.4 Å². The van der Waals surface area contributed by atoms with Gasteiger partial charge in [-0.3, -0.25) is 4.79 Å². The van der Waals surface area contributed by atoms with Crippen LogP contribution >= 0.6 is 0 Å². The molecule has 174 valence electrons. The summed E-state index contributed by atoms with van der Waals surface area (Å²) in [7, 11) is -3.28. The van der Waals surface area contributed by atoms with Gasteiger partial charge in [0.25, 0.3) is 0 Å². The van der Waals surface area contributed by atoms with E-state index in [0.717, 1.165) is 24.5 Å². The van der Waals surface area contributed by atoms with E-state index in [9.17, 15) is 13.2 Å². The predicted molar refractivity (Wildman–Crippen MR) is 125 cm³/mol. The van der Waals surface area contributed by atoms with Gasteiger partial charge in [-0.15, -0.1) is 0 Å². The van der Waals surface area contributed by atoms with Gasteiger partial charge in [-0.25, -0.2) is 13.1 Å². The second-order valence-corrected chi connectivity index (χ2v) is 11.3. The first-order valence-electron chi connectivity index (χ1n) is 11.5. The zero-order valence-electron chi connectivity index (χ0n) is 19.1. The third-order valence-electron chi connectivity index (χ3n) is 6.45. The molecule has 0 spiro atoms. The number of sulfonamides is 1. The van der Waals surface area contributed by atoms with E-state index in [1.807, 2.05) is 31.2 Å². The maximum Gasteiger partial charge on any atom is 0.227 e. The Balaban J connectivity index is 1.49. The summed E-state index contributed by atoms with van der Waals surface area (Å²) in [5, 5.41) is 2.64. The maximum absolute atomic E-state index is 12.7. The summed E-state index contributed by atoms with van der Waals surface area (Å²) in [5.41, 5.74) is 1.93. The molecule has 0 radical (unpaired) electrons. The normalized spacial score (nSPS) is 28.2. The molecule has 1 heterocycles. The summed E-state index contributed by atoms with van der Waals surface area (Å²) in [6.45, 7) is 9.50. The minimum atomic E-state index is -3.28. The van der Waals surface area contributed by atoms with Crippen LogP contribution in [-0.4, -0.2) is 50.9 Å². The second kappa shape index (κ2) is 10.3. The number of carbonyl (C=O) groups excluding carboxylic acids is 1. The first-order chi connectivity index (χ1) is 14.7. The molecule has 3 atom stereocenters. The van der Waals surface area contributed by atoms with Gasteiger partial charge in [-0.2, -0.15) is 0 Å². The van der Waals surface area contributed by atoms with Crippen molar-refractivity contribution in [2.75, 3.05) is 23.3 Å². The van der Waals surface area contributed by atoms with Gasteiger partial charge in [0.05, 0.1) is 17.5 Å². The van der Waals surface area contributed by atoms with Crippen LogP contribution in [0.5, 0.6) is 0 Å². The number of hydrogen-bond donors (Lipinski definition) is 2. The lowest BCUT2D eigenvalue weighted by molar-refractivity contribution is -0.120. The van der Waals surface area contributed by atoms with Crippen molar-refractivity contribution in [2.24, 2.45) is 5.92 Å². The molecule has 1 saturated carbocycles. The number of rotatable bonds is 7. The van der Waals surface area contributed by atoms with Crippen LogP contribution in [0.3, 0.4) is 0 Å². The lowest BCUT2D eigenvalue weighted by Crippen LogP contribution is -2.45. The van der Waals surface area contributed by atoms with Crippen LogP contribution in [0.15, 0.2) is 24.3 Å². The van der Waals surface area contributed by atoms with Crippen molar-refractivity contribution < 1.29 is 17.9 Å². The number of nitrogens with one attached hydrogen (secondary N) is 2. The first-order valence-corrected chi connectivity index (χ1v) is 13.0. The number of benzene rings is 1. The van der Waals surface area contributed by atoms with Crippen LogP contribution < -0.4 is 14.9 Å². The van der Waals surface area contributed by atoms with Crippen LogP contribution in [0.1, 0.15) is 59.8 Å². The molecule has 0 aromatic heterocycles. The summed E-state index contributed by atoms with van der Waals surface area (Å²) < 4.78 is 33.1. The monoisotopic (exact) mass is 451 g/mol. The third kappa shape index (κ3) is 6.43. The number of amides is 1. The predicted octanol–water partition coefficient (Wildman–Crippen LogP) is 3.52. The highest BCUT2D eigenvalue weighted by molar-refractivity contribution is 7.90. The molecular formula is C23H37N3O4S. The van der Waals surface area contributed by atoms with Gasteiger partial charge in [0.1, 0.15) is 0 Å². The Bertz CT molecular complexity index is 825. The summed E-state index contributed by atoms with van der Waals surface area (Å²) in [6.07, 6.45) is 3.78. The fraction of sp³-hybridized carbons (Fsp3) is 0.696. The van der Waals surface area contributed by atoms with Crippen molar-refractivity contribution >= 4 is 27.3 Å². The number of ether oxygens (including phenoxy) is 1. The Morgan fingerprint density at radius 2 is 1.68 bits per heavy atom. The molecule has 3 rings (SSSR count). The van der Waals surface area contributed by atoms with Crippen molar-refractivity contribution in [3.05, 3.63) is 24.3 Å². The van der Waals surface area contributed by atoms with E-state index in [1.165, 1.54) is 0 Å². The summed E-state index contributed by atoms with van der Waals surface area (Å²) in [4.78, 5) is 15.0. The Labute approximate surface area is 187 Å². The van der Waals surface area contributed by atoms with Gasteiger partial charge >= 0.3 is 0 Å². The Morgan fingerprint density at radius 3 is 2.23 bits per heavy atom. The van der Waals surface area contributed by atoms with E-state index in [0.29, 0.717) is 32.1 Å². The van der Waals surface area contributed by atoms with E-state index >= 15 is 0 Å². The van der Waals surface area contributed by atoms with Crippen molar-refractivity contribution in [3.8, 4) is 0 Å². The number of morpholine rings is 1. The fourth-order valence-corrected chi connectivity index (χ4v) is 5.80. The van der Waals surface area contributed by atoms with E-state index in [-0.39, 0.29) is 35.3 Å². The first kappa shape index (κ1) is 24.0. The molecule has 0 bridgehead atoms. The average molecular weight is 452 g/mol. The van der Waals surface area contributed by atoms with Crippen LogP contribution in [0.25, 0.3) is 0 Å². The minimum Gasteiger partial charge on any atom is -0.372 e. The Kier molecular flexibility index (Phi) is 7.99. The maximum atomic E-state index is 12.7. The molecule has 2 N–H and O–H groups in total. The van der Waals surface area contributed by atoms with Crippen molar-refractivity contribution in [2.45, 2.75) is 83.3 Å². The lowest BCUT2D eigenvalue weighted by atomic mass is 9.86. The number of nitrogens with zero attached hydrogens (tertiary/aromatic N) is 1. The standard InChI is InChI=1S/C23H37N3O4S/c1-5-18(4)31(28,29)25-21-8-6-19(7-9-21)23(27)24-20-10-12-22(13-11-20)26-14-16(2)30-17(3)15-26/h10-13,16-19,21,25H,5-9,14-15H2,1-4H3,(H,24,27)/t16-,17+,18?,19?,21?. The molecule has 1 aromatic carbocycles. The van der Waals surface area contributed by atoms with Gasteiger partial charge in [0.2, 0.25) is 15.9 Å². The highest BCUT2D eigenvalue weighted by atomic mass is 32.2. The van der Waals surface area contributed by atoms with Gasteiger partial charge in [-0.1, -0.05) is 6.92 Å². The molecule has 2 aliphatic rings. The SMILES string of the molecule is CCC(C)S(=O)(=O)NC1CCC(C(=O)Nc2ccc(N3C[C@@H](C)O[C@@H](C)C3)cc2)CC1. The second-order valence-electron chi connectivity index (χ2n) is 9.13. The zero-order valence-corrected chi connectivity index (χ0v) is 20.0. The summed E-state index contributed by atoms with van der Waals surface area (Å²) in [6, 6.07) is 7.91. The number of carbonyl (C=O) groups is 1. The zero-order chi connectivity index (χ0) is 22.6. The van der Waals surface area contributed by atoms with Crippen molar-refractivity contribution in [1.82, 2.24) is 4.72 Å². The van der Waals surface area contributed by atoms with Gasteiger partial charge in [-0.05, 0) is 77.1 Å². The molecule has 7 nitrogen and oxygen atoms in total. The Hall–Kier alpha value is -1.64. The summed E-state index contributed by atoms with van der Waals surface area (Å²) in [5.74, 6) is -0.0606. The molecule has 8 heteroatoms. The third-order valence-corrected chi connectivity index (χ3v) is 8.51. The molecule has 1 unspecified atom stereocenters. The largest absolute Gasteiger partial charge is 0.372 e. The van der Waals surface area contributed by atoms with Gasteiger partial charge < -0.3 is 15.0 Å². The molecule has 1 aliphatic carbocycles. The molecular weight excluding hydrogens is 414 g/mol. The number of anilines is 2. The van der Waals surface area contributed by atoms with Crippen LogP contribution in [-0.2, 0) is 19.6 Å². The van der Waals surface area contributed by atoms with E-state index in [1.54, 1.807) is 6.92 Å². The van der Waals surface area contributed by atoms with Crippen LogP contribution in [0.2, 0.25) is 0 Å². The van der Waals surface area contributed by atoms with E-state index in [2.05, 4.69) is 28.8 Å². The highest BCUT2D eigenvalue weighted by Gasteiger charge is 2.30. The molecule has 1 amide bonds. The molecule has 1 aliphatic heterocycles. The lowest BCUT2D eigenvalue weighted by Gasteiger charge is -2.36. The van der Waals surface area contributed by atoms with Gasteiger partial charge in [0.15, 0.2) is 0 Å². The topological polar surface area (TPSA) is 87.7 Å². The average Bonchev–Trinajstić information content (AvgIpc) is 2.73. The van der Waals surface area contributed by atoms with Crippen molar-refractivity contribution in [1.29, 1.82) is 0 Å². The minimum absolute atomic E-state index is 0.0181. The summed E-state index contributed by atoms with van der Waals surface area (Å²) >= 11 is 0. The quantitative estimate of drug-likeness (QED) is 0.662. The fourth-order valence-electron chi connectivity index (χ4n) is 4.43. The highest BCUT2D eigenvalue weighted by Crippen LogP contribution is 2.27.